The first-order valence-corrected chi connectivity index (χ1v) is 8.03. The molecule has 0 aliphatic carbocycles. The Morgan fingerprint density at radius 3 is 3.05 bits per heavy atom. The van der Waals surface area contributed by atoms with Crippen LogP contribution in [-0.2, 0) is 17.6 Å². The Hall–Kier alpha value is -1.78. The van der Waals surface area contributed by atoms with Crippen molar-refractivity contribution in [2.24, 2.45) is 0 Å². The van der Waals surface area contributed by atoms with Crippen molar-refractivity contribution in [3.8, 4) is 0 Å². The van der Waals surface area contributed by atoms with Gasteiger partial charge >= 0.3 is 0 Å². The monoisotopic (exact) mass is 318 g/mol. The minimum Gasteiger partial charge on any atom is -0.361 e. The zero-order chi connectivity index (χ0) is 14.7. The maximum absolute atomic E-state index is 11.8. The SMILES string of the molecule is O=C(Cc1cccs1)NCCc1c[nH]c2cc(Cl)ccc12. The number of aromatic amines is 1. The first-order valence-electron chi connectivity index (χ1n) is 6.77. The van der Waals surface area contributed by atoms with E-state index in [0.717, 1.165) is 27.2 Å². The first-order chi connectivity index (χ1) is 10.2. The van der Waals surface area contributed by atoms with E-state index in [4.69, 9.17) is 11.6 Å². The van der Waals surface area contributed by atoms with Crippen molar-refractivity contribution in [1.29, 1.82) is 0 Å². The van der Waals surface area contributed by atoms with E-state index in [2.05, 4.69) is 10.3 Å². The molecule has 21 heavy (non-hydrogen) atoms. The standard InChI is InChI=1S/C16H15ClN2OS/c17-12-3-4-14-11(10-19-15(14)8-12)5-6-18-16(20)9-13-2-1-7-21-13/h1-4,7-8,10,19H,5-6,9H2,(H,18,20). The molecule has 0 aliphatic rings. The molecule has 2 aromatic heterocycles. The van der Waals surface area contributed by atoms with Gasteiger partial charge in [0.1, 0.15) is 0 Å². The van der Waals surface area contributed by atoms with Gasteiger partial charge in [-0.1, -0.05) is 23.7 Å². The Balaban J connectivity index is 1.56. The molecule has 0 fully saturated rings. The fourth-order valence-corrected chi connectivity index (χ4v) is 3.21. The number of hydrogen-bond acceptors (Lipinski definition) is 2. The van der Waals surface area contributed by atoms with Crippen LogP contribution in [0.2, 0.25) is 5.02 Å². The number of aromatic nitrogens is 1. The van der Waals surface area contributed by atoms with Gasteiger partial charge in [-0.25, -0.2) is 0 Å². The van der Waals surface area contributed by atoms with Crippen molar-refractivity contribution in [2.75, 3.05) is 6.54 Å². The predicted molar refractivity (Wildman–Crippen MR) is 88.0 cm³/mol. The van der Waals surface area contributed by atoms with Gasteiger partial charge in [-0.15, -0.1) is 11.3 Å². The van der Waals surface area contributed by atoms with E-state index in [1.165, 1.54) is 5.56 Å². The second-order valence-electron chi connectivity index (χ2n) is 4.86. The Labute approximate surface area is 131 Å². The van der Waals surface area contributed by atoms with Gasteiger partial charge < -0.3 is 10.3 Å². The van der Waals surface area contributed by atoms with Crippen molar-refractivity contribution in [2.45, 2.75) is 12.8 Å². The van der Waals surface area contributed by atoms with Gasteiger partial charge in [0.25, 0.3) is 0 Å². The van der Waals surface area contributed by atoms with E-state index in [-0.39, 0.29) is 5.91 Å². The number of fused-ring (bicyclic) bond motifs is 1. The summed E-state index contributed by atoms with van der Waals surface area (Å²) in [4.78, 5) is 16.1. The van der Waals surface area contributed by atoms with E-state index >= 15 is 0 Å². The number of nitrogens with one attached hydrogen (secondary N) is 2. The number of H-pyrrole nitrogens is 1. The van der Waals surface area contributed by atoms with Crippen LogP contribution in [0.5, 0.6) is 0 Å². The highest BCUT2D eigenvalue weighted by molar-refractivity contribution is 7.10. The molecule has 2 N–H and O–H groups in total. The van der Waals surface area contributed by atoms with Crippen LogP contribution in [0.3, 0.4) is 0 Å². The van der Waals surface area contributed by atoms with Gasteiger partial charge in [-0.2, -0.15) is 0 Å². The number of thiophene rings is 1. The average molecular weight is 319 g/mol. The highest BCUT2D eigenvalue weighted by Crippen LogP contribution is 2.22. The van der Waals surface area contributed by atoms with Gasteiger partial charge in [0, 0.05) is 33.5 Å². The Kier molecular flexibility index (Phi) is 4.27. The largest absolute Gasteiger partial charge is 0.361 e. The average Bonchev–Trinajstić information content (AvgIpc) is 3.08. The number of benzene rings is 1. The number of carbonyl (C=O) groups excluding carboxylic acids is 1. The molecule has 0 saturated carbocycles. The van der Waals surface area contributed by atoms with Crippen LogP contribution in [0.4, 0.5) is 0 Å². The lowest BCUT2D eigenvalue weighted by atomic mass is 10.1. The third-order valence-corrected chi connectivity index (χ3v) is 4.47. The van der Waals surface area contributed by atoms with Crippen molar-refractivity contribution < 1.29 is 4.79 Å². The van der Waals surface area contributed by atoms with Crippen LogP contribution in [0, 0.1) is 0 Å². The maximum Gasteiger partial charge on any atom is 0.225 e. The first kappa shape index (κ1) is 14.2. The van der Waals surface area contributed by atoms with Gasteiger partial charge in [-0.3, -0.25) is 4.79 Å². The molecule has 108 valence electrons. The minimum atomic E-state index is 0.0698. The highest BCUT2D eigenvalue weighted by atomic mass is 35.5. The van der Waals surface area contributed by atoms with Crippen LogP contribution in [-0.4, -0.2) is 17.4 Å². The molecule has 1 aromatic carbocycles. The summed E-state index contributed by atoms with van der Waals surface area (Å²) < 4.78 is 0. The number of hydrogen-bond donors (Lipinski definition) is 2. The van der Waals surface area contributed by atoms with Gasteiger partial charge in [0.15, 0.2) is 0 Å². The zero-order valence-corrected chi connectivity index (χ0v) is 12.9. The Bertz CT molecular complexity index is 749. The predicted octanol–water partition coefficient (Wildman–Crippen LogP) is 3.78. The quantitative estimate of drug-likeness (QED) is 0.738. The smallest absolute Gasteiger partial charge is 0.225 e. The van der Waals surface area contributed by atoms with Crippen LogP contribution < -0.4 is 5.32 Å². The third-order valence-electron chi connectivity index (χ3n) is 3.36. The summed E-state index contributed by atoms with van der Waals surface area (Å²) in [7, 11) is 0. The number of amides is 1. The Morgan fingerprint density at radius 2 is 2.24 bits per heavy atom. The van der Waals surface area contributed by atoms with Crippen molar-refractivity contribution in [3.63, 3.8) is 0 Å². The van der Waals surface area contributed by atoms with E-state index in [1.54, 1.807) is 11.3 Å². The molecule has 0 unspecified atom stereocenters. The van der Waals surface area contributed by atoms with Crippen molar-refractivity contribution >= 4 is 39.7 Å². The fraction of sp³-hybridized carbons (Fsp3) is 0.188. The van der Waals surface area contributed by atoms with Crippen molar-refractivity contribution in [3.05, 3.63) is 57.4 Å². The molecule has 5 heteroatoms. The topological polar surface area (TPSA) is 44.9 Å². The number of carbonyl (C=O) groups is 1. The molecule has 0 atom stereocenters. The van der Waals surface area contributed by atoms with Crippen molar-refractivity contribution in [1.82, 2.24) is 10.3 Å². The Morgan fingerprint density at radius 1 is 1.33 bits per heavy atom. The van der Waals surface area contributed by atoms with Gasteiger partial charge in [0.2, 0.25) is 5.91 Å². The normalized spacial score (nSPS) is 10.9. The molecule has 0 bridgehead atoms. The summed E-state index contributed by atoms with van der Waals surface area (Å²) in [6.45, 7) is 0.639. The van der Waals surface area contributed by atoms with E-state index in [1.807, 2.05) is 41.9 Å². The van der Waals surface area contributed by atoms with Crippen LogP contribution in [0.25, 0.3) is 10.9 Å². The van der Waals surface area contributed by atoms with Crippen LogP contribution in [0.15, 0.2) is 41.9 Å². The summed E-state index contributed by atoms with van der Waals surface area (Å²) in [5.74, 6) is 0.0698. The van der Waals surface area contributed by atoms with Gasteiger partial charge in [-0.05, 0) is 35.6 Å². The minimum absolute atomic E-state index is 0.0698. The summed E-state index contributed by atoms with van der Waals surface area (Å²) >= 11 is 7.57. The molecule has 0 saturated heterocycles. The molecule has 0 radical (unpaired) electrons. The summed E-state index contributed by atoms with van der Waals surface area (Å²) in [6, 6.07) is 9.75. The summed E-state index contributed by atoms with van der Waals surface area (Å²) in [6.07, 6.45) is 3.24. The molecule has 2 heterocycles. The molecule has 0 aliphatic heterocycles. The summed E-state index contributed by atoms with van der Waals surface area (Å²) in [5.41, 5.74) is 2.22. The number of rotatable bonds is 5. The maximum atomic E-state index is 11.8. The fourth-order valence-electron chi connectivity index (χ4n) is 2.34. The van der Waals surface area contributed by atoms with Crippen LogP contribution in [0.1, 0.15) is 10.4 Å². The second-order valence-corrected chi connectivity index (χ2v) is 6.33. The molecule has 3 aromatic rings. The molecule has 0 spiro atoms. The zero-order valence-electron chi connectivity index (χ0n) is 11.4. The molecule has 3 nitrogen and oxygen atoms in total. The van der Waals surface area contributed by atoms with E-state index < -0.39 is 0 Å². The molecule has 1 amide bonds. The second kappa shape index (κ2) is 6.33. The lowest BCUT2D eigenvalue weighted by molar-refractivity contribution is -0.120. The van der Waals surface area contributed by atoms with Crippen LogP contribution >= 0.6 is 22.9 Å². The molecular weight excluding hydrogens is 304 g/mol. The lowest BCUT2D eigenvalue weighted by Gasteiger charge is -2.04. The van der Waals surface area contributed by atoms with E-state index in [9.17, 15) is 4.79 Å². The third kappa shape index (κ3) is 3.46. The van der Waals surface area contributed by atoms with Gasteiger partial charge in [0.05, 0.1) is 6.42 Å². The number of halogens is 1. The molecule has 3 rings (SSSR count). The summed E-state index contributed by atoms with van der Waals surface area (Å²) in [5, 5.41) is 6.83. The highest BCUT2D eigenvalue weighted by Gasteiger charge is 2.06. The molecular formula is C16H15ClN2OS. The van der Waals surface area contributed by atoms with E-state index in [0.29, 0.717) is 13.0 Å². The lowest BCUT2D eigenvalue weighted by Crippen LogP contribution is -2.26.